The van der Waals surface area contributed by atoms with Crippen LogP contribution in [-0.2, 0) is 19.5 Å². The van der Waals surface area contributed by atoms with Crippen LogP contribution in [0.5, 0.6) is 0 Å². The molecule has 1 N–H and O–H groups in total. The summed E-state index contributed by atoms with van der Waals surface area (Å²) in [7, 11) is 0. The van der Waals surface area contributed by atoms with Crippen molar-refractivity contribution in [3.63, 3.8) is 0 Å². The van der Waals surface area contributed by atoms with Crippen molar-refractivity contribution >= 4 is 23.4 Å². The lowest BCUT2D eigenvalue weighted by molar-refractivity contribution is 0.102. The summed E-state index contributed by atoms with van der Waals surface area (Å²) in [5, 5.41) is 2.96. The van der Waals surface area contributed by atoms with Crippen molar-refractivity contribution in [1.29, 1.82) is 0 Å². The Morgan fingerprint density at radius 2 is 1.96 bits per heavy atom. The molecule has 1 aromatic heterocycles. The minimum atomic E-state index is -0.179. The monoisotopic (exact) mass is 389 g/mol. The maximum atomic E-state index is 12.4. The molecular formula is C23H23N3OS. The van der Waals surface area contributed by atoms with Gasteiger partial charge in [0.15, 0.2) is 0 Å². The molecule has 0 aliphatic carbocycles. The maximum Gasteiger partial charge on any atom is 0.274 e. The van der Waals surface area contributed by atoms with E-state index in [1.54, 1.807) is 30.1 Å². The highest BCUT2D eigenvalue weighted by Crippen LogP contribution is 2.24. The zero-order valence-electron chi connectivity index (χ0n) is 15.9. The van der Waals surface area contributed by atoms with Crippen LogP contribution in [-0.4, -0.2) is 28.6 Å². The maximum absolute atomic E-state index is 12.4. The Bertz CT molecular complexity index is 957. The van der Waals surface area contributed by atoms with Gasteiger partial charge < -0.3 is 5.32 Å². The van der Waals surface area contributed by atoms with E-state index < -0.39 is 0 Å². The van der Waals surface area contributed by atoms with Crippen LogP contribution in [0.2, 0.25) is 0 Å². The minimum absolute atomic E-state index is 0.179. The number of anilines is 1. The van der Waals surface area contributed by atoms with E-state index in [1.807, 2.05) is 12.1 Å². The summed E-state index contributed by atoms with van der Waals surface area (Å²) in [6.07, 6.45) is 4.76. The van der Waals surface area contributed by atoms with E-state index in [2.05, 4.69) is 57.9 Å². The Balaban J connectivity index is 1.44. The third-order valence-electron chi connectivity index (χ3n) is 5.02. The van der Waals surface area contributed by atoms with Gasteiger partial charge in [-0.05, 0) is 65.8 Å². The van der Waals surface area contributed by atoms with Crippen LogP contribution >= 0.6 is 11.8 Å². The van der Waals surface area contributed by atoms with Crippen molar-refractivity contribution in [2.75, 3.05) is 18.1 Å². The van der Waals surface area contributed by atoms with Gasteiger partial charge in [-0.25, -0.2) is 0 Å². The molecule has 0 radical (unpaired) electrons. The molecule has 3 aromatic rings. The number of carbonyl (C=O) groups is 1. The molecule has 5 heteroatoms. The summed E-state index contributed by atoms with van der Waals surface area (Å²) in [6, 6.07) is 20.3. The highest BCUT2D eigenvalue weighted by atomic mass is 32.2. The molecular weight excluding hydrogens is 366 g/mol. The van der Waals surface area contributed by atoms with Crippen molar-refractivity contribution in [2.24, 2.45) is 0 Å². The van der Waals surface area contributed by atoms with E-state index >= 15 is 0 Å². The molecule has 1 aliphatic rings. The molecule has 0 bridgehead atoms. The number of nitrogens with one attached hydrogen (secondary N) is 1. The normalized spacial score (nSPS) is 13.8. The number of rotatable bonds is 5. The van der Waals surface area contributed by atoms with Crippen LogP contribution in [0.3, 0.4) is 0 Å². The number of nitrogens with zero attached hydrogens (tertiary/aromatic N) is 2. The molecule has 0 saturated carbocycles. The number of hydrogen-bond donors (Lipinski definition) is 1. The second kappa shape index (κ2) is 8.59. The average molecular weight is 390 g/mol. The first-order chi connectivity index (χ1) is 13.7. The quantitative estimate of drug-likeness (QED) is 0.647. The van der Waals surface area contributed by atoms with Crippen molar-refractivity contribution in [2.45, 2.75) is 24.4 Å². The number of aromatic nitrogens is 1. The lowest BCUT2D eigenvalue weighted by atomic mass is 9.98. The summed E-state index contributed by atoms with van der Waals surface area (Å²) in [4.78, 5) is 20.2. The molecule has 2 heterocycles. The van der Waals surface area contributed by atoms with Gasteiger partial charge in [-0.3, -0.25) is 14.7 Å². The third kappa shape index (κ3) is 4.43. The van der Waals surface area contributed by atoms with Crippen molar-refractivity contribution in [3.8, 4) is 0 Å². The molecule has 0 unspecified atom stereocenters. The summed E-state index contributed by atoms with van der Waals surface area (Å²) in [5.41, 5.74) is 5.23. The first kappa shape index (κ1) is 18.7. The van der Waals surface area contributed by atoms with Crippen LogP contribution in [0.4, 0.5) is 5.69 Å². The van der Waals surface area contributed by atoms with E-state index in [9.17, 15) is 4.79 Å². The summed E-state index contributed by atoms with van der Waals surface area (Å²) in [6.45, 7) is 2.89. The predicted octanol–water partition coefficient (Wildman–Crippen LogP) is 4.61. The molecule has 142 valence electrons. The summed E-state index contributed by atoms with van der Waals surface area (Å²) >= 11 is 1.77. The van der Waals surface area contributed by atoms with Gasteiger partial charge in [0.05, 0.1) is 0 Å². The van der Waals surface area contributed by atoms with Gasteiger partial charge in [-0.2, -0.15) is 0 Å². The van der Waals surface area contributed by atoms with Crippen LogP contribution in [0.25, 0.3) is 0 Å². The Hall–Kier alpha value is -2.63. The standard InChI is InChI=1S/C23H23N3OS/c1-28-21-9-5-17(6-10-21)15-26-13-11-18-7-8-20(14-19(18)16-26)25-23(27)22-4-2-3-12-24-22/h2-10,12,14H,11,13,15-16H2,1H3,(H,25,27). The molecule has 0 atom stereocenters. The fraction of sp³-hybridized carbons (Fsp3) is 0.217. The van der Waals surface area contributed by atoms with Crippen LogP contribution in [0.1, 0.15) is 27.2 Å². The van der Waals surface area contributed by atoms with E-state index in [0.29, 0.717) is 5.69 Å². The Kier molecular flexibility index (Phi) is 5.74. The second-order valence-corrected chi connectivity index (χ2v) is 7.84. The number of amides is 1. The fourth-order valence-corrected chi connectivity index (χ4v) is 3.92. The number of hydrogen-bond acceptors (Lipinski definition) is 4. The van der Waals surface area contributed by atoms with Gasteiger partial charge in [-0.15, -0.1) is 11.8 Å². The Labute approximate surface area is 170 Å². The fourth-order valence-electron chi connectivity index (χ4n) is 3.51. The Morgan fingerprint density at radius 1 is 1.11 bits per heavy atom. The van der Waals surface area contributed by atoms with Crippen molar-refractivity contribution in [3.05, 3.63) is 89.2 Å². The number of thioether (sulfide) groups is 1. The number of carbonyl (C=O) groups excluding carboxylic acids is 1. The zero-order valence-corrected chi connectivity index (χ0v) is 16.7. The molecule has 0 saturated heterocycles. The molecule has 1 amide bonds. The highest BCUT2D eigenvalue weighted by Gasteiger charge is 2.17. The van der Waals surface area contributed by atoms with E-state index in [4.69, 9.17) is 0 Å². The third-order valence-corrected chi connectivity index (χ3v) is 5.76. The molecule has 0 fully saturated rings. The van der Waals surface area contributed by atoms with Crippen molar-refractivity contribution in [1.82, 2.24) is 9.88 Å². The van der Waals surface area contributed by atoms with E-state index in [1.165, 1.54) is 21.6 Å². The number of pyridine rings is 1. The Morgan fingerprint density at radius 3 is 2.71 bits per heavy atom. The lowest BCUT2D eigenvalue weighted by Crippen LogP contribution is -2.30. The minimum Gasteiger partial charge on any atom is -0.321 e. The van der Waals surface area contributed by atoms with Gasteiger partial charge in [0.2, 0.25) is 0 Å². The first-order valence-corrected chi connectivity index (χ1v) is 10.6. The van der Waals surface area contributed by atoms with Gasteiger partial charge in [0.1, 0.15) is 5.69 Å². The molecule has 1 aliphatic heterocycles. The lowest BCUT2D eigenvalue weighted by Gasteiger charge is -2.29. The van der Waals surface area contributed by atoms with Crippen LogP contribution in [0, 0.1) is 0 Å². The topological polar surface area (TPSA) is 45.2 Å². The van der Waals surface area contributed by atoms with Gasteiger partial charge in [-0.1, -0.05) is 24.3 Å². The first-order valence-electron chi connectivity index (χ1n) is 9.41. The van der Waals surface area contributed by atoms with Crippen LogP contribution < -0.4 is 5.32 Å². The highest BCUT2D eigenvalue weighted by molar-refractivity contribution is 7.98. The van der Waals surface area contributed by atoms with Crippen molar-refractivity contribution < 1.29 is 4.79 Å². The van der Waals surface area contributed by atoms with Gasteiger partial charge in [0, 0.05) is 36.4 Å². The van der Waals surface area contributed by atoms with Gasteiger partial charge in [0.25, 0.3) is 5.91 Å². The molecule has 28 heavy (non-hydrogen) atoms. The predicted molar refractivity (Wildman–Crippen MR) is 115 cm³/mol. The van der Waals surface area contributed by atoms with Crippen LogP contribution in [0.15, 0.2) is 71.8 Å². The van der Waals surface area contributed by atoms with E-state index in [0.717, 1.165) is 31.7 Å². The molecule has 4 rings (SSSR count). The number of fused-ring (bicyclic) bond motifs is 1. The average Bonchev–Trinajstić information content (AvgIpc) is 2.74. The largest absolute Gasteiger partial charge is 0.321 e. The SMILES string of the molecule is CSc1ccc(CN2CCc3ccc(NC(=O)c4ccccn4)cc3C2)cc1. The summed E-state index contributed by atoms with van der Waals surface area (Å²) in [5.74, 6) is -0.179. The zero-order chi connectivity index (χ0) is 19.3. The van der Waals surface area contributed by atoms with Gasteiger partial charge >= 0.3 is 0 Å². The molecule has 0 spiro atoms. The molecule has 2 aromatic carbocycles. The molecule has 4 nitrogen and oxygen atoms in total. The summed E-state index contributed by atoms with van der Waals surface area (Å²) < 4.78 is 0. The van der Waals surface area contributed by atoms with E-state index in [-0.39, 0.29) is 5.91 Å². The number of benzene rings is 2. The smallest absolute Gasteiger partial charge is 0.274 e. The second-order valence-electron chi connectivity index (χ2n) is 6.96.